The number of benzene rings is 2. The molecule has 1 unspecified atom stereocenters. The van der Waals surface area contributed by atoms with Crippen LogP contribution in [0.15, 0.2) is 79.1 Å². The maximum Gasteiger partial charge on any atom is 0.227 e. The zero-order valence-corrected chi connectivity index (χ0v) is 18.9. The fourth-order valence-corrected chi connectivity index (χ4v) is 3.65. The summed E-state index contributed by atoms with van der Waals surface area (Å²) in [5.41, 5.74) is 4.31. The number of aldehydes is 1. The van der Waals surface area contributed by atoms with Crippen molar-refractivity contribution >= 4 is 17.9 Å². The first-order chi connectivity index (χ1) is 15.0. The van der Waals surface area contributed by atoms with Crippen LogP contribution < -0.4 is 4.90 Å². The highest BCUT2D eigenvalue weighted by Crippen LogP contribution is 2.37. The molecule has 31 heavy (non-hydrogen) atoms. The Bertz CT molecular complexity index is 940. The zero-order chi connectivity index (χ0) is 22.6. The summed E-state index contributed by atoms with van der Waals surface area (Å²) in [6.45, 7) is 7.79. The molecule has 3 aromatic rings. The van der Waals surface area contributed by atoms with Crippen LogP contribution in [0.1, 0.15) is 52.1 Å². The molecule has 0 aliphatic heterocycles. The van der Waals surface area contributed by atoms with Crippen LogP contribution in [0.2, 0.25) is 0 Å². The predicted octanol–water partition coefficient (Wildman–Crippen LogP) is 6.48. The maximum absolute atomic E-state index is 13.1. The van der Waals surface area contributed by atoms with Crippen LogP contribution in [0.25, 0.3) is 11.1 Å². The number of pyridine rings is 1. The molecular formula is C27H32N2O2. The van der Waals surface area contributed by atoms with Crippen molar-refractivity contribution in [3.8, 4) is 11.1 Å². The third-order valence-electron chi connectivity index (χ3n) is 4.90. The van der Waals surface area contributed by atoms with Crippen LogP contribution >= 0.6 is 0 Å². The van der Waals surface area contributed by atoms with Crippen LogP contribution in [0.5, 0.6) is 0 Å². The molecule has 0 spiro atoms. The molecule has 4 heteroatoms. The van der Waals surface area contributed by atoms with E-state index in [0.29, 0.717) is 12.3 Å². The Morgan fingerprint density at radius 2 is 1.65 bits per heavy atom. The number of rotatable bonds is 7. The van der Waals surface area contributed by atoms with Gasteiger partial charge in [-0.2, -0.15) is 0 Å². The van der Waals surface area contributed by atoms with Crippen molar-refractivity contribution in [3.63, 3.8) is 0 Å². The summed E-state index contributed by atoms with van der Waals surface area (Å²) in [5, 5.41) is 0. The number of para-hydroxylation sites is 1. The number of amides is 1. The Morgan fingerprint density at radius 3 is 2.23 bits per heavy atom. The molecule has 3 rings (SSSR count). The minimum Gasteiger partial charge on any atom is -0.305 e. The van der Waals surface area contributed by atoms with E-state index in [1.807, 2.05) is 60.5 Å². The number of carbonyl (C=O) groups is 2. The van der Waals surface area contributed by atoms with Crippen molar-refractivity contribution in [1.29, 1.82) is 0 Å². The fraction of sp³-hybridized carbons (Fsp3) is 0.296. The Balaban J connectivity index is 0.00000107. The van der Waals surface area contributed by atoms with E-state index in [4.69, 9.17) is 4.79 Å². The standard InChI is InChI=1S/C25H28N2O.C2H4O/c1-4-25(28)27(21-12-6-5-7-13-21)24(17-19(2)3)23-15-9-8-14-22(23)20-11-10-16-26-18-20;1-2-3/h5-16,18-19,24H,4,17H2,1-3H3;2H,1H3. The lowest BCUT2D eigenvalue weighted by Crippen LogP contribution is -2.35. The fourth-order valence-electron chi connectivity index (χ4n) is 3.65. The van der Waals surface area contributed by atoms with E-state index < -0.39 is 0 Å². The Hall–Kier alpha value is -3.27. The molecule has 162 valence electrons. The number of nitrogens with zero attached hydrogens (tertiary/aromatic N) is 2. The first kappa shape index (κ1) is 24.0. The van der Waals surface area contributed by atoms with Crippen LogP contribution in [0, 0.1) is 5.92 Å². The highest BCUT2D eigenvalue weighted by atomic mass is 16.2. The van der Waals surface area contributed by atoms with Gasteiger partial charge in [-0.15, -0.1) is 0 Å². The minimum absolute atomic E-state index is 0.0359. The van der Waals surface area contributed by atoms with Gasteiger partial charge in [-0.3, -0.25) is 9.78 Å². The van der Waals surface area contributed by atoms with Gasteiger partial charge in [0, 0.05) is 30.1 Å². The molecule has 2 aromatic carbocycles. The molecule has 1 atom stereocenters. The SMILES string of the molecule is CC=O.CCC(=O)N(c1ccccc1)C(CC(C)C)c1ccccc1-c1cccnc1. The van der Waals surface area contributed by atoms with Gasteiger partial charge < -0.3 is 9.69 Å². The summed E-state index contributed by atoms with van der Waals surface area (Å²) in [6.07, 6.45) is 5.78. The quantitative estimate of drug-likeness (QED) is 0.414. The average molecular weight is 417 g/mol. The van der Waals surface area contributed by atoms with Crippen molar-refractivity contribution in [2.45, 2.75) is 46.6 Å². The average Bonchev–Trinajstić information content (AvgIpc) is 2.80. The van der Waals surface area contributed by atoms with Crippen molar-refractivity contribution in [3.05, 3.63) is 84.7 Å². The summed E-state index contributed by atoms with van der Waals surface area (Å²) in [6, 6.07) is 22.4. The van der Waals surface area contributed by atoms with E-state index in [9.17, 15) is 4.79 Å². The first-order valence-electron chi connectivity index (χ1n) is 10.8. The summed E-state index contributed by atoms with van der Waals surface area (Å²) in [4.78, 5) is 28.2. The van der Waals surface area contributed by atoms with Crippen LogP contribution in [0.4, 0.5) is 5.69 Å². The second-order valence-electron chi connectivity index (χ2n) is 7.66. The second-order valence-corrected chi connectivity index (χ2v) is 7.66. The number of aromatic nitrogens is 1. The molecule has 0 bridgehead atoms. The molecule has 0 saturated carbocycles. The number of hydrogen-bond acceptors (Lipinski definition) is 3. The number of anilines is 1. The van der Waals surface area contributed by atoms with E-state index >= 15 is 0 Å². The highest BCUT2D eigenvalue weighted by molar-refractivity contribution is 5.94. The van der Waals surface area contributed by atoms with E-state index in [2.05, 4.69) is 43.1 Å². The molecular weight excluding hydrogens is 384 g/mol. The molecule has 0 radical (unpaired) electrons. The molecule has 0 fully saturated rings. The second kappa shape index (κ2) is 12.4. The van der Waals surface area contributed by atoms with Gasteiger partial charge in [0.1, 0.15) is 6.29 Å². The Morgan fingerprint density at radius 1 is 1.00 bits per heavy atom. The van der Waals surface area contributed by atoms with Gasteiger partial charge >= 0.3 is 0 Å². The molecule has 0 saturated heterocycles. The third-order valence-corrected chi connectivity index (χ3v) is 4.90. The van der Waals surface area contributed by atoms with E-state index in [1.165, 1.54) is 6.92 Å². The van der Waals surface area contributed by atoms with Gasteiger partial charge in [-0.25, -0.2) is 0 Å². The molecule has 1 amide bonds. The molecule has 0 N–H and O–H groups in total. The van der Waals surface area contributed by atoms with Crippen molar-refractivity contribution in [2.75, 3.05) is 4.90 Å². The smallest absolute Gasteiger partial charge is 0.227 e. The maximum atomic E-state index is 13.1. The van der Waals surface area contributed by atoms with E-state index in [-0.39, 0.29) is 11.9 Å². The van der Waals surface area contributed by atoms with Crippen LogP contribution in [-0.4, -0.2) is 17.2 Å². The van der Waals surface area contributed by atoms with Crippen LogP contribution in [0.3, 0.4) is 0 Å². The minimum atomic E-state index is -0.0359. The molecule has 0 aliphatic rings. The largest absolute Gasteiger partial charge is 0.305 e. The lowest BCUT2D eigenvalue weighted by molar-refractivity contribution is -0.118. The van der Waals surface area contributed by atoms with Gasteiger partial charge in [-0.05, 0) is 48.6 Å². The Labute approximate surface area is 186 Å². The van der Waals surface area contributed by atoms with Gasteiger partial charge in [0.15, 0.2) is 0 Å². The van der Waals surface area contributed by atoms with E-state index in [0.717, 1.165) is 35.1 Å². The third kappa shape index (κ3) is 6.61. The lowest BCUT2D eigenvalue weighted by atomic mass is 9.89. The molecule has 1 heterocycles. The normalized spacial score (nSPS) is 11.3. The summed E-state index contributed by atoms with van der Waals surface area (Å²) in [5.74, 6) is 0.584. The van der Waals surface area contributed by atoms with Gasteiger partial charge in [0.2, 0.25) is 5.91 Å². The number of hydrogen-bond donors (Lipinski definition) is 0. The molecule has 0 aliphatic carbocycles. The topological polar surface area (TPSA) is 50.3 Å². The lowest BCUT2D eigenvalue weighted by Gasteiger charge is -2.34. The number of carbonyl (C=O) groups excluding carboxylic acids is 2. The zero-order valence-electron chi connectivity index (χ0n) is 18.9. The Kier molecular flexibility index (Phi) is 9.63. The first-order valence-corrected chi connectivity index (χ1v) is 10.8. The van der Waals surface area contributed by atoms with Crippen molar-refractivity contribution in [1.82, 2.24) is 4.98 Å². The molecule has 1 aromatic heterocycles. The van der Waals surface area contributed by atoms with Gasteiger partial charge in [-0.1, -0.05) is 69.3 Å². The summed E-state index contributed by atoms with van der Waals surface area (Å²) < 4.78 is 0. The van der Waals surface area contributed by atoms with E-state index in [1.54, 1.807) is 6.20 Å². The van der Waals surface area contributed by atoms with Crippen LogP contribution in [-0.2, 0) is 9.59 Å². The molecule has 4 nitrogen and oxygen atoms in total. The van der Waals surface area contributed by atoms with Gasteiger partial charge in [0.25, 0.3) is 0 Å². The van der Waals surface area contributed by atoms with Crippen molar-refractivity contribution in [2.24, 2.45) is 5.92 Å². The highest BCUT2D eigenvalue weighted by Gasteiger charge is 2.28. The predicted molar refractivity (Wildman–Crippen MR) is 128 cm³/mol. The van der Waals surface area contributed by atoms with Crippen molar-refractivity contribution < 1.29 is 9.59 Å². The monoisotopic (exact) mass is 416 g/mol. The van der Waals surface area contributed by atoms with Gasteiger partial charge in [0.05, 0.1) is 6.04 Å². The summed E-state index contributed by atoms with van der Waals surface area (Å²) >= 11 is 0. The summed E-state index contributed by atoms with van der Waals surface area (Å²) in [7, 11) is 0.